The molecular weight excluding hydrogens is 178 g/mol. The number of aliphatic hydroxyl groups excluding tert-OH is 1. The molecule has 78 valence electrons. The van der Waals surface area contributed by atoms with Gasteiger partial charge in [-0.2, -0.15) is 0 Å². The van der Waals surface area contributed by atoms with Gasteiger partial charge in [-0.1, -0.05) is 6.07 Å². The normalized spacial score (nSPS) is 12.6. The lowest BCUT2D eigenvalue weighted by atomic mass is 10.0. The average molecular weight is 195 g/mol. The number of hydrogen-bond acceptors (Lipinski definition) is 3. The second-order valence-corrected chi connectivity index (χ2v) is 3.47. The fraction of sp³-hybridized carbons (Fsp3) is 0.455. The zero-order valence-corrected chi connectivity index (χ0v) is 8.87. The van der Waals surface area contributed by atoms with E-state index in [-0.39, 0.29) is 12.6 Å². The van der Waals surface area contributed by atoms with Gasteiger partial charge >= 0.3 is 0 Å². The van der Waals surface area contributed by atoms with Gasteiger partial charge in [0.25, 0.3) is 0 Å². The van der Waals surface area contributed by atoms with Crippen LogP contribution in [0.2, 0.25) is 0 Å². The van der Waals surface area contributed by atoms with Crippen LogP contribution in [-0.4, -0.2) is 18.8 Å². The summed E-state index contributed by atoms with van der Waals surface area (Å²) in [6.45, 7) is 3.97. The topological polar surface area (TPSA) is 55.5 Å². The second-order valence-electron chi connectivity index (χ2n) is 3.47. The minimum atomic E-state index is -0.371. The molecule has 3 heteroatoms. The summed E-state index contributed by atoms with van der Waals surface area (Å²) in [7, 11) is 1.61. The third kappa shape index (κ3) is 2.05. The summed E-state index contributed by atoms with van der Waals surface area (Å²) < 4.78 is 5.21. The van der Waals surface area contributed by atoms with E-state index in [2.05, 4.69) is 0 Å². The van der Waals surface area contributed by atoms with Crippen LogP contribution in [0, 0.1) is 13.8 Å². The number of rotatable bonds is 3. The number of methoxy groups -OCH3 is 1. The molecule has 0 bridgehead atoms. The first-order valence-electron chi connectivity index (χ1n) is 4.61. The molecule has 1 rings (SSSR count). The lowest BCUT2D eigenvalue weighted by Gasteiger charge is -2.15. The molecule has 0 saturated heterocycles. The SMILES string of the molecule is COc1cc(C)c(C)cc1[C@@H](N)CO. The highest BCUT2D eigenvalue weighted by molar-refractivity contribution is 5.43. The van der Waals surface area contributed by atoms with Crippen LogP contribution >= 0.6 is 0 Å². The maximum Gasteiger partial charge on any atom is 0.123 e. The highest BCUT2D eigenvalue weighted by Crippen LogP contribution is 2.27. The monoisotopic (exact) mass is 195 g/mol. The Morgan fingerprint density at radius 1 is 1.36 bits per heavy atom. The Kier molecular flexibility index (Phi) is 3.49. The summed E-state index contributed by atoms with van der Waals surface area (Å²) in [4.78, 5) is 0. The van der Waals surface area contributed by atoms with E-state index >= 15 is 0 Å². The zero-order valence-electron chi connectivity index (χ0n) is 8.87. The molecule has 0 fully saturated rings. The fourth-order valence-electron chi connectivity index (χ4n) is 1.38. The van der Waals surface area contributed by atoms with E-state index in [0.717, 1.165) is 22.4 Å². The van der Waals surface area contributed by atoms with Crippen molar-refractivity contribution in [3.63, 3.8) is 0 Å². The number of benzene rings is 1. The van der Waals surface area contributed by atoms with Gasteiger partial charge in [-0.15, -0.1) is 0 Å². The molecule has 0 saturated carbocycles. The van der Waals surface area contributed by atoms with Crippen LogP contribution in [0.3, 0.4) is 0 Å². The molecule has 0 spiro atoms. The molecule has 0 amide bonds. The van der Waals surface area contributed by atoms with Gasteiger partial charge < -0.3 is 15.6 Å². The predicted molar refractivity (Wildman–Crippen MR) is 56.5 cm³/mol. The van der Waals surface area contributed by atoms with Crippen molar-refractivity contribution in [2.45, 2.75) is 19.9 Å². The summed E-state index contributed by atoms with van der Waals surface area (Å²) >= 11 is 0. The number of aliphatic hydroxyl groups is 1. The quantitative estimate of drug-likeness (QED) is 0.764. The maximum absolute atomic E-state index is 8.99. The zero-order chi connectivity index (χ0) is 10.7. The summed E-state index contributed by atoms with van der Waals surface area (Å²) in [5, 5.41) is 8.99. The first-order valence-corrected chi connectivity index (χ1v) is 4.61. The van der Waals surface area contributed by atoms with Crippen molar-refractivity contribution in [3.8, 4) is 5.75 Å². The molecule has 0 radical (unpaired) electrons. The number of aryl methyl sites for hydroxylation is 2. The molecule has 0 aromatic heterocycles. The van der Waals surface area contributed by atoms with Crippen molar-refractivity contribution in [1.29, 1.82) is 0 Å². The standard InChI is InChI=1S/C11H17NO2/c1-7-4-9(10(12)6-13)11(14-3)5-8(7)2/h4-5,10,13H,6,12H2,1-3H3/t10-/m0/s1. The van der Waals surface area contributed by atoms with E-state index in [9.17, 15) is 0 Å². The molecule has 0 heterocycles. The van der Waals surface area contributed by atoms with Crippen molar-refractivity contribution in [3.05, 3.63) is 28.8 Å². The highest BCUT2D eigenvalue weighted by Gasteiger charge is 2.12. The average Bonchev–Trinajstić information content (AvgIpc) is 2.20. The first kappa shape index (κ1) is 11.0. The van der Waals surface area contributed by atoms with Crippen LogP contribution in [0.4, 0.5) is 0 Å². The van der Waals surface area contributed by atoms with E-state index in [4.69, 9.17) is 15.6 Å². The van der Waals surface area contributed by atoms with Crippen LogP contribution < -0.4 is 10.5 Å². The van der Waals surface area contributed by atoms with Crippen molar-refractivity contribution >= 4 is 0 Å². The molecule has 1 atom stereocenters. The third-order valence-corrected chi connectivity index (χ3v) is 2.44. The van der Waals surface area contributed by atoms with Crippen LogP contribution in [0.15, 0.2) is 12.1 Å². The van der Waals surface area contributed by atoms with Crippen LogP contribution in [0.1, 0.15) is 22.7 Å². The Hall–Kier alpha value is -1.06. The number of nitrogens with two attached hydrogens (primary N) is 1. The van der Waals surface area contributed by atoms with Crippen molar-refractivity contribution in [2.75, 3.05) is 13.7 Å². The predicted octanol–water partition coefficient (Wildman–Crippen LogP) is 1.30. The lowest BCUT2D eigenvalue weighted by molar-refractivity contribution is 0.264. The summed E-state index contributed by atoms with van der Waals surface area (Å²) in [5.74, 6) is 0.745. The van der Waals surface area contributed by atoms with Crippen molar-refractivity contribution in [1.82, 2.24) is 0 Å². The Morgan fingerprint density at radius 3 is 2.43 bits per heavy atom. The largest absolute Gasteiger partial charge is 0.496 e. The molecule has 1 aromatic rings. The van der Waals surface area contributed by atoms with Crippen LogP contribution in [0.5, 0.6) is 5.75 Å². The maximum atomic E-state index is 8.99. The minimum Gasteiger partial charge on any atom is -0.496 e. The van der Waals surface area contributed by atoms with Gasteiger partial charge in [0.15, 0.2) is 0 Å². The van der Waals surface area contributed by atoms with E-state index in [1.165, 1.54) is 0 Å². The molecule has 3 nitrogen and oxygen atoms in total. The van der Waals surface area contributed by atoms with Gasteiger partial charge in [-0.3, -0.25) is 0 Å². The van der Waals surface area contributed by atoms with Gasteiger partial charge in [0.05, 0.1) is 19.8 Å². The lowest BCUT2D eigenvalue weighted by Crippen LogP contribution is -2.15. The third-order valence-electron chi connectivity index (χ3n) is 2.44. The molecular formula is C11H17NO2. The summed E-state index contributed by atoms with van der Waals surface area (Å²) in [6, 6.07) is 3.54. The van der Waals surface area contributed by atoms with E-state index in [1.807, 2.05) is 26.0 Å². The molecule has 0 aliphatic heterocycles. The van der Waals surface area contributed by atoms with Gasteiger partial charge in [-0.05, 0) is 31.0 Å². The Balaban J connectivity index is 3.19. The Labute approximate surface area is 84.5 Å². The summed E-state index contributed by atoms with van der Waals surface area (Å²) in [6.07, 6.45) is 0. The molecule has 0 aliphatic carbocycles. The fourth-order valence-corrected chi connectivity index (χ4v) is 1.38. The number of hydrogen-bond donors (Lipinski definition) is 2. The second kappa shape index (κ2) is 4.44. The van der Waals surface area contributed by atoms with Gasteiger partial charge in [0, 0.05) is 5.56 Å². The van der Waals surface area contributed by atoms with Gasteiger partial charge in [-0.25, -0.2) is 0 Å². The molecule has 3 N–H and O–H groups in total. The summed E-state index contributed by atoms with van der Waals surface area (Å²) in [5.41, 5.74) is 8.94. The molecule has 0 unspecified atom stereocenters. The Morgan fingerprint density at radius 2 is 1.93 bits per heavy atom. The van der Waals surface area contributed by atoms with E-state index in [1.54, 1.807) is 7.11 Å². The smallest absolute Gasteiger partial charge is 0.123 e. The first-order chi connectivity index (χ1) is 6.60. The van der Waals surface area contributed by atoms with Gasteiger partial charge in [0.1, 0.15) is 5.75 Å². The Bertz CT molecular complexity index is 323. The molecule has 1 aromatic carbocycles. The van der Waals surface area contributed by atoms with Crippen LogP contribution in [0.25, 0.3) is 0 Å². The van der Waals surface area contributed by atoms with E-state index in [0.29, 0.717) is 0 Å². The highest BCUT2D eigenvalue weighted by atomic mass is 16.5. The molecule has 14 heavy (non-hydrogen) atoms. The van der Waals surface area contributed by atoms with E-state index < -0.39 is 0 Å². The van der Waals surface area contributed by atoms with Crippen LogP contribution in [-0.2, 0) is 0 Å². The van der Waals surface area contributed by atoms with Gasteiger partial charge in [0.2, 0.25) is 0 Å². The molecule has 0 aliphatic rings. The minimum absolute atomic E-state index is 0.0706. The number of ether oxygens (including phenoxy) is 1. The van der Waals surface area contributed by atoms with Crippen molar-refractivity contribution in [2.24, 2.45) is 5.73 Å². The van der Waals surface area contributed by atoms with Crippen molar-refractivity contribution < 1.29 is 9.84 Å².